The second-order valence-electron chi connectivity index (χ2n) is 6.88. The van der Waals surface area contributed by atoms with E-state index in [-0.39, 0.29) is 11.2 Å². The van der Waals surface area contributed by atoms with Crippen LogP contribution in [-0.4, -0.2) is 21.4 Å². The molecule has 1 amide bonds. The smallest absolute Gasteiger partial charge is 0.237 e. The summed E-state index contributed by atoms with van der Waals surface area (Å²) < 4.78 is 0. The van der Waals surface area contributed by atoms with Crippen LogP contribution in [0.3, 0.4) is 0 Å². The molecule has 1 N–H and O–H groups in total. The number of amides is 1. The first-order chi connectivity index (χ1) is 14.1. The van der Waals surface area contributed by atoms with Crippen molar-refractivity contribution in [3.63, 3.8) is 0 Å². The lowest BCUT2D eigenvalue weighted by atomic mass is 10.1. The third-order valence-corrected chi connectivity index (χ3v) is 5.74. The van der Waals surface area contributed by atoms with Gasteiger partial charge in [-0.1, -0.05) is 78.5 Å². The lowest BCUT2D eigenvalue weighted by molar-refractivity contribution is -0.115. The van der Waals surface area contributed by atoms with E-state index in [0.717, 1.165) is 38.3 Å². The molecule has 0 aliphatic carbocycles. The average molecular weight is 400 g/mol. The highest BCUT2D eigenvalue weighted by Crippen LogP contribution is 2.33. The summed E-state index contributed by atoms with van der Waals surface area (Å²) in [6.45, 7) is 3.89. The molecule has 0 saturated carbocycles. The minimum atomic E-state index is -0.309. The van der Waals surface area contributed by atoms with Crippen LogP contribution >= 0.6 is 11.8 Å². The van der Waals surface area contributed by atoms with Crippen molar-refractivity contribution in [3.05, 3.63) is 84.4 Å². The maximum absolute atomic E-state index is 12.7. The van der Waals surface area contributed by atoms with E-state index < -0.39 is 0 Å². The Morgan fingerprint density at radius 2 is 1.62 bits per heavy atom. The van der Waals surface area contributed by atoms with Crippen molar-refractivity contribution >= 4 is 34.1 Å². The number of nitrogens with one attached hydrogen (secondary N) is 1. The summed E-state index contributed by atoms with van der Waals surface area (Å²) in [5, 5.41) is 14.4. The Hall–Kier alpha value is -3.18. The van der Waals surface area contributed by atoms with E-state index >= 15 is 0 Å². The lowest BCUT2D eigenvalue weighted by Gasteiger charge is -2.14. The number of hydrogen-bond donors (Lipinski definition) is 1. The quantitative estimate of drug-likeness (QED) is 0.436. The number of nitrogens with zero attached hydrogens (tertiary/aromatic N) is 2. The predicted molar refractivity (Wildman–Crippen MR) is 120 cm³/mol. The SMILES string of the molecule is Cc1cccc(NC(=O)[C@@H](C)Sc2nnc(-c3ccccc3)c3ccccc23)c1. The Kier molecular flexibility index (Phi) is 5.58. The van der Waals surface area contributed by atoms with Gasteiger partial charge in [-0.05, 0) is 31.5 Å². The van der Waals surface area contributed by atoms with Crippen molar-refractivity contribution in [2.24, 2.45) is 0 Å². The van der Waals surface area contributed by atoms with Crippen LogP contribution in [0.5, 0.6) is 0 Å². The minimum absolute atomic E-state index is 0.0568. The molecule has 0 radical (unpaired) electrons. The third kappa shape index (κ3) is 4.30. The van der Waals surface area contributed by atoms with E-state index in [1.807, 2.05) is 92.7 Å². The largest absolute Gasteiger partial charge is 0.325 e. The van der Waals surface area contributed by atoms with E-state index in [4.69, 9.17) is 0 Å². The third-order valence-electron chi connectivity index (χ3n) is 4.64. The Bertz CT molecular complexity index is 1160. The maximum Gasteiger partial charge on any atom is 0.237 e. The topological polar surface area (TPSA) is 54.9 Å². The van der Waals surface area contributed by atoms with E-state index in [0.29, 0.717) is 0 Å². The number of aromatic nitrogens is 2. The highest BCUT2D eigenvalue weighted by molar-refractivity contribution is 8.00. The number of fused-ring (bicyclic) bond motifs is 1. The minimum Gasteiger partial charge on any atom is -0.325 e. The molecule has 1 atom stereocenters. The van der Waals surface area contributed by atoms with Gasteiger partial charge >= 0.3 is 0 Å². The molecule has 0 saturated heterocycles. The molecule has 1 aromatic heterocycles. The van der Waals surface area contributed by atoms with E-state index in [2.05, 4.69) is 15.5 Å². The van der Waals surface area contributed by atoms with Gasteiger partial charge in [-0.25, -0.2) is 0 Å². The number of benzene rings is 3. The zero-order chi connectivity index (χ0) is 20.2. The number of aryl methyl sites for hydroxylation is 1. The molecule has 0 bridgehead atoms. The van der Waals surface area contributed by atoms with Gasteiger partial charge in [-0.2, -0.15) is 0 Å². The molecule has 0 aliphatic rings. The Morgan fingerprint density at radius 1 is 0.897 bits per heavy atom. The molecule has 29 heavy (non-hydrogen) atoms. The fourth-order valence-corrected chi connectivity index (χ4v) is 4.06. The van der Waals surface area contributed by atoms with Crippen LogP contribution in [0.15, 0.2) is 83.9 Å². The molecular formula is C24H21N3OS. The van der Waals surface area contributed by atoms with Gasteiger partial charge in [0.15, 0.2) is 0 Å². The standard InChI is InChI=1S/C24H21N3OS/c1-16-9-8-12-19(15-16)25-23(28)17(2)29-24-21-14-7-6-13-20(21)22(26-27-24)18-10-4-3-5-11-18/h3-15,17H,1-2H3,(H,25,28)/t17-/m1/s1. The van der Waals surface area contributed by atoms with Gasteiger partial charge < -0.3 is 5.32 Å². The van der Waals surface area contributed by atoms with Crippen molar-refractivity contribution < 1.29 is 4.79 Å². The summed E-state index contributed by atoms with van der Waals surface area (Å²) in [5.74, 6) is -0.0568. The number of rotatable bonds is 5. The molecule has 144 valence electrons. The number of thioether (sulfide) groups is 1. The van der Waals surface area contributed by atoms with Crippen LogP contribution in [0.4, 0.5) is 5.69 Å². The first-order valence-electron chi connectivity index (χ1n) is 9.47. The molecule has 0 aliphatic heterocycles. The molecule has 3 aromatic carbocycles. The zero-order valence-electron chi connectivity index (χ0n) is 16.3. The molecule has 0 fully saturated rings. The van der Waals surface area contributed by atoms with Crippen molar-refractivity contribution in [3.8, 4) is 11.3 Å². The second-order valence-corrected chi connectivity index (χ2v) is 8.21. The number of hydrogen-bond acceptors (Lipinski definition) is 4. The summed E-state index contributed by atoms with van der Waals surface area (Å²) in [4.78, 5) is 12.7. The summed E-state index contributed by atoms with van der Waals surface area (Å²) in [6, 6.07) is 25.9. The molecule has 0 unspecified atom stereocenters. The molecule has 4 aromatic rings. The van der Waals surface area contributed by atoms with E-state index in [9.17, 15) is 4.79 Å². The predicted octanol–water partition coefficient (Wildman–Crippen LogP) is 5.72. The molecule has 1 heterocycles. The van der Waals surface area contributed by atoms with Crippen molar-refractivity contribution in [1.29, 1.82) is 0 Å². The van der Waals surface area contributed by atoms with Crippen LogP contribution in [0, 0.1) is 6.92 Å². The normalized spacial score (nSPS) is 11.9. The molecule has 5 heteroatoms. The highest BCUT2D eigenvalue weighted by Gasteiger charge is 2.19. The Balaban J connectivity index is 1.60. The van der Waals surface area contributed by atoms with Crippen LogP contribution < -0.4 is 5.32 Å². The van der Waals surface area contributed by atoms with Crippen LogP contribution in [0.25, 0.3) is 22.0 Å². The maximum atomic E-state index is 12.7. The fraction of sp³-hybridized carbons (Fsp3) is 0.125. The zero-order valence-corrected chi connectivity index (χ0v) is 17.1. The number of carbonyl (C=O) groups excluding carboxylic acids is 1. The van der Waals surface area contributed by atoms with Gasteiger partial charge in [-0.3, -0.25) is 4.79 Å². The van der Waals surface area contributed by atoms with Gasteiger partial charge in [-0.15, -0.1) is 10.2 Å². The average Bonchev–Trinajstić information content (AvgIpc) is 2.74. The van der Waals surface area contributed by atoms with Crippen LogP contribution in [0.2, 0.25) is 0 Å². The van der Waals surface area contributed by atoms with Crippen LogP contribution in [0.1, 0.15) is 12.5 Å². The van der Waals surface area contributed by atoms with E-state index in [1.54, 1.807) is 0 Å². The Labute approximate surface area is 174 Å². The number of carbonyl (C=O) groups is 1. The molecule has 4 nitrogen and oxygen atoms in total. The van der Waals surface area contributed by atoms with Gasteiger partial charge in [0.25, 0.3) is 0 Å². The Morgan fingerprint density at radius 3 is 2.38 bits per heavy atom. The second kappa shape index (κ2) is 8.45. The highest BCUT2D eigenvalue weighted by atomic mass is 32.2. The molecule has 0 spiro atoms. The number of anilines is 1. The fourth-order valence-electron chi connectivity index (χ4n) is 3.16. The summed E-state index contributed by atoms with van der Waals surface area (Å²) in [7, 11) is 0. The lowest BCUT2D eigenvalue weighted by Crippen LogP contribution is -2.22. The first-order valence-corrected chi connectivity index (χ1v) is 10.3. The summed E-state index contributed by atoms with van der Waals surface area (Å²) in [5.41, 5.74) is 3.79. The van der Waals surface area contributed by atoms with Gasteiger partial charge in [0.05, 0.1) is 5.25 Å². The van der Waals surface area contributed by atoms with Crippen LogP contribution in [-0.2, 0) is 4.79 Å². The van der Waals surface area contributed by atoms with E-state index in [1.165, 1.54) is 11.8 Å². The van der Waals surface area contributed by atoms with Gasteiger partial charge in [0.2, 0.25) is 5.91 Å². The van der Waals surface area contributed by atoms with Gasteiger partial charge in [0, 0.05) is 22.0 Å². The molecular weight excluding hydrogens is 378 g/mol. The monoisotopic (exact) mass is 399 g/mol. The van der Waals surface area contributed by atoms with Crippen molar-refractivity contribution in [1.82, 2.24) is 10.2 Å². The van der Waals surface area contributed by atoms with Crippen molar-refractivity contribution in [2.75, 3.05) is 5.32 Å². The summed E-state index contributed by atoms with van der Waals surface area (Å²) in [6.07, 6.45) is 0. The first kappa shape index (κ1) is 19.2. The molecule has 4 rings (SSSR count). The summed E-state index contributed by atoms with van der Waals surface area (Å²) >= 11 is 1.42. The van der Waals surface area contributed by atoms with Crippen molar-refractivity contribution in [2.45, 2.75) is 24.1 Å². The van der Waals surface area contributed by atoms with Gasteiger partial charge in [0.1, 0.15) is 10.7 Å².